The van der Waals surface area contributed by atoms with E-state index >= 15 is 0 Å². The second-order valence-electron chi connectivity index (χ2n) is 4.96. The number of carbonyl (C=O) groups is 2. The maximum Gasteiger partial charge on any atom is 0.331 e. The summed E-state index contributed by atoms with van der Waals surface area (Å²) in [6.07, 6.45) is 2.79. The van der Waals surface area contributed by atoms with Gasteiger partial charge in [-0.15, -0.1) is 0 Å². The molecule has 0 heterocycles. The van der Waals surface area contributed by atoms with Crippen molar-refractivity contribution < 1.29 is 23.8 Å². The molecule has 6 heteroatoms. The van der Waals surface area contributed by atoms with E-state index in [1.54, 1.807) is 55.7 Å². The molecule has 6 nitrogen and oxygen atoms in total. The number of amides is 1. The van der Waals surface area contributed by atoms with Crippen LogP contribution in [0.3, 0.4) is 0 Å². The highest BCUT2D eigenvalue weighted by Gasteiger charge is 2.07. The number of anilines is 1. The normalized spacial score (nSPS) is 10.3. The van der Waals surface area contributed by atoms with Gasteiger partial charge in [0.2, 0.25) is 0 Å². The largest absolute Gasteiger partial charge is 0.497 e. The smallest absolute Gasteiger partial charge is 0.331 e. The number of hydrogen-bond donors (Lipinski definition) is 1. The minimum Gasteiger partial charge on any atom is -0.497 e. The van der Waals surface area contributed by atoms with E-state index in [-0.39, 0.29) is 6.61 Å². The van der Waals surface area contributed by atoms with Gasteiger partial charge in [0.1, 0.15) is 11.5 Å². The molecule has 0 aliphatic rings. The van der Waals surface area contributed by atoms with Crippen molar-refractivity contribution in [2.24, 2.45) is 0 Å². The van der Waals surface area contributed by atoms with E-state index in [0.717, 1.165) is 0 Å². The van der Waals surface area contributed by atoms with Crippen LogP contribution in [0.15, 0.2) is 54.6 Å². The molecule has 1 N–H and O–H groups in total. The second kappa shape index (κ2) is 9.12. The third-order valence-corrected chi connectivity index (χ3v) is 3.24. The molecule has 0 aromatic heterocycles. The molecule has 0 bridgehead atoms. The van der Waals surface area contributed by atoms with E-state index in [1.807, 2.05) is 6.07 Å². The van der Waals surface area contributed by atoms with Gasteiger partial charge in [-0.05, 0) is 30.3 Å². The fraction of sp³-hybridized carbons (Fsp3) is 0.158. The zero-order valence-corrected chi connectivity index (χ0v) is 14.0. The molecule has 0 saturated carbocycles. The Bertz CT molecular complexity index is 756. The Labute approximate surface area is 146 Å². The SMILES string of the molecule is COc1ccc(/C=C/C(=O)OCC(=O)Nc2ccccc2)c(OC)c1. The fourth-order valence-corrected chi connectivity index (χ4v) is 2.02. The number of nitrogens with one attached hydrogen (secondary N) is 1. The quantitative estimate of drug-likeness (QED) is 0.619. The molecule has 0 atom stereocenters. The zero-order valence-electron chi connectivity index (χ0n) is 14.0. The van der Waals surface area contributed by atoms with Crippen LogP contribution in [0.25, 0.3) is 6.08 Å². The van der Waals surface area contributed by atoms with Gasteiger partial charge in [0, 0.05) is 23.4 Å². The van der Waals surface area contributed by atoms with E-state index in [9.17, 15) is 9.59 Å². The molecule has 1 amide bonds. The lowest BCUT2D eigenvalue weighted by Gasteiger charge is -2.07. The van der Waals surface area contributed by atoms with Gasteiger partial charge in [-0.2, -0.15) is 0 Å². The topological polar surface area (TPSA) is 73.9 Å². The number of benzene rings is 2. The third-order valence-electron chi connectivity index (χ3n) is 3.24. The van der Waals surface area contributed by atoms with Crippen molar-refractivity contribution in [1.82, 2.24) is 0 Å². The molecule has 0 spiro atoms. The maximum atomic E-state index is 11.7. The van der Waals surface area contributed by atoms with Crippen molar-refractivity contribution in [1.29, 1.82) is 0 Å². The van der Waals surface area contributed by atoms with Crippen LogP contribution in [-0.2, 0) is 14.3 Å². The van der Waals surface area contributed by atoms with Crippen LogP contribution in [0, 0.1) is 0 Å². The maximum absolute atomic E-state index is 11.7. The van der Waals surface area contributed by atoms with Crippen LogP contribution in [-0.4, -0.2) is 32.7 Å². The Morgan fingerprint density at radius 1 is 1.04 bits per heavy atom. The summed E-state index contributed by atoms with van der Waals surface area (Å²) in [5.74, 6) is 0.176. The summed E-state index contributed by atoms with van der Waals surface area (Å²) in [6.45, 7) is -0.363. The van der Waals surface area contributed by atoms with Crippen LogP contribution >= 0.6 is 0 Å². The van der Waals surface area contributed by atoms with E-state index in [4.69, 9.17) is 14.2 Å². The van der Waals surface area contributed by atoms with E-state index in [1.165, 1.54) is 13.2 Å². The van der Waals surface area contributed by atoms with Crippen molar-refractivity contribution in [2.45, 2.75) is 0 Å². The molecule has 130 valence electrons. The molecule has 0 unspecified atom stereocenters. The first-order valence-corrected chi connectivity index (χ1v) is 7.54. The summed E-state index contributed by atoms with van der Waals surface area (Å²) >= 11 is 0. The van der Waals surface area contributed by atoms with Gasteiger partial charge in [0.15, 0.2) is 6.61 Å². The number of para-hydroxylation sites is 1. The highest BCUT2D eigenvalue weighted by molar-refractivity contribution is 5.94. The first-order valence-electron chi connectivity index (χ1n) is 7.54. The van der Waals surface area contributed by atoms with E-state index in [2.05, 4.69) is 5.32 Å². The van der Waals surface area contributed by atoms with E-state index < -0.39 is 11.9 Å². The Morgan fingerprint density at radius 3 is 2.48 bits per heavy atom. The summed E-state index contributed by atoms with van der Waals surface area (Å²) in [7, 11) is 3.08. The van der Waals surface area contributed by atoms with Crippen LogP contribution in [0.2, 0.25) is 0 Å². The lowest BCUT2D eigenvalue weighted by atomic mass is 10.2. The van der Waals surface area contributed by atoms with Crippen molar-refractivity contribution >= 4 is 23.6 Å². The highest BCUT2D eigenvalue weighted by Crippen LogP contribution is 2.25. The lowest BCUT2D eigenvalue weighted by Crippen LogP contribution is -2.20. The third kappa shape index (κ3) is 5.69. The Hall–Kier alpha value is -3.28. The molecular weight excluding hydrogens is 322 g/mol. The Balaban J connectivity index is 1.87. The summed E-state index contributed by atoms with van der Waals surface area (Å²) in [5, 5.41) is 2.63. The Morgan fingerprint density at radius 2 is 1.80 bits per heavy atom. The summed E-state index contributed by atoms with van der Waals surface area (Å²) < 4.78 is 15.3. The average Bonchev–Trinajstić information content (AvgIpc) is 2.65. The lowest BCUT2D eigenvalue weighted by molar-refractivity contribution is -0.142. The molecule has 0 radical (unpaired) electrons. The van der Waals surface area contributed by atoms with Crippen molar-refractivity contribution in [3.05, 3.63) is 60.2 Å². The standard InChI is InChI=1S/C19H19NO5/c1-23-16-10-8-14(17(12-16)24-2)9-11-19(22)25-13-18(21)20-15-6-4-3-5-7-15/h3-12H,13H2,1-2H3,(H,20,21)/b11-9+. The minimum atomic E-state index is -0.624. The van der Waals surface area contributed by atoms with Crippen molar-refractivity contribution in [3.63, 3.8) is 0 Å². The molecule has 0 fully saturated rings. The molecule has 25 heavy (non-hydrogen) atoms. The van der Waals surface area contributed by atoms with Gasteiger partial charge in [0.05, 0.1) is 14.2 Å². The number of esters is 1. The monoisotopic (exact) mass is 341 g/mol. The average molecular weight is 341 g/mol. The molecule has 2 aromatic carbocycles. The van der Waals surface area contributed by atoms with Crippen LogP contribution in [0.5, 0.6) is 11.5 Å². The first-order chi connectivity index (χ1) is 12.1. The minimum absolute atomic E-state index is 0.363. The molecule has 0 aliphatic carbocycles. The van der Waals surface area contributed by atoms with Gasteiger partial charge in [-0.25, -0.2) is 4.79 Å². The Kier molecular flexibility index (Phi) is 6.59. The van der Waals surface area contributed by atoms with Crippen LogP contribution in [0.4, 0.5) is 5.69 Å². The van der Waals surface area contributed by atoms with Gasteiger partial charge >= 0.3 is 5.97 Å². The number of ether oxygens (including phenoxy) is 3. The van der Waals surface area contributed by atoms with Gasteiger partial charge < -0.3 is 19.5 Å². The van der Waals surface area contributed by atoms with Crippen LogP contribution in [0.1, 0.15) is 5.56 Å². The number of methoxy groups -OCH3 is 2. The highest BCUT2D eigenvalue weighted by atomic mass is 16.5. The predicted molar refractivity (Wildman–Crippen MR) is 94.6 cm³/mol. The number of hydrogen-bond acceptors (Lipinski definition) is 5. The molecule has 0 saturated heterocycles. The van der Waals surface area contributed by atoms with Gasteiger partial charge in [-0.1, -0.05) is 18.2 Å². The number of carbonyl (C=O) groups excluding carboxylic acids is 2. The summed E-state index contributed by atoms with van der Waals surface area (Å²) in [6, 6.07) is 14.1. The van der Waals surface area contributed by atoms with Crippen molar-refractivity contribution in [3.8, 4) is 11.5 Å². The summed E-state index contributed by atoms with van der Waals surface area (Å²) in [4.78, 5) is 23.5. The van der Waals surface area contributed by atoms with Crippen molar-refractivity contribution in [2.75, 3.05) is 26.1 Å². The fourth-order valence-electron chi connectivity index (χ4n) is 2.02. The first kappa shape index (κ1) is 18.1. The van der Waals surface area contributed by atoms with E-state index in [0.29, 0.717) is 22.7 Å². The second-order valence-corrected chi connectivity index (χ2v) is 4.96. The molecule has 2 aromatic rings. The predicted octanol–water partition coefficient (Wildman–Crippen LogP) is 2.90. The number of rotatable bonds is 7. The molecule has 0 aliphatic heterocycles. The molecule has 2 rings (SSSR count). The van der Waals surface area contributed by atoms with Gasteiger partial charge in [0.25, 0.3) is 5.91 Å². The molecular formula is C19H19NO5. The summed E-state index contributed by atoms with van der Waals surface area (Å²) in [5.41, 5.74) is 1.33. The zero-order chi connectivity index (χ0) is 18.1. The van der Waals surface area contributed by atoms with Gasteiger partial charge in [-0.3, -0.25) is 4.79 Å². The van der Waals surface area contributed by atoms with Crippen LogP contribution < -0.4 is 14.8 Å².